The van der Waals surface area contributed by atoms with Gasteiger partial charge in [-0.2, -0.15) is 18.5 Å². The summed E-state index contributed by atoms with van der Waals surface area (Å²) in [6, 6.07) is 0. The van der Waals surface area contributed by atoms with Crippen molar-refractivity contribution in [2.24, 2.45) is 0 Å². The summed E-state index contributed by atoms with van der Waals surface area (Å²) in [4.78, 5) is 45.3. The van der Waals surface area contributed by atoms with Gasteiger partial charge in [0, 0.05) is 0 Å². The number of nitrogens with zero attached hydrogens (tertiary/aromatic N) is 7. The molecule has 26 heteroatoms. The van der Waals surface area contributed by atoms with E-state index in [1.807, 2.05) is 0 Å². The molecule has 3 fully saturated rings. The maximum atomic E-state index is 13.4. The predicted molar refractivity (Wildman–Crippen MR) is 157 cm³/mol. The van der Waals surface area contributed by atoms with Crippen LogP contribution in [0.3, 0.4) is 0 Å². The number of aliphatic hydroxyl groups excluding tert-OH is 2. The summed E-state index contributed by atoms with van der Waals surface area (Å²) in [5, 5.41) is 22.2. The Hall–Kier alpha value is -2.99. The SMILES string of the molecule is S.[B-]P1(=O)OC[C@H]2O[C@@H](n3cnc4c(N)ncnc43)C(O)[C@H]2OP(=O)(O)OC[C@H]2O[C@@H](n3cnc4c(=O)[nH]c(N)nc43)[C@@H](O1)C2O. The number of rotatable bonds is 2. The van der Waals surface area contributed by atoms with Gasteiger partial charge in [0.15, 0.2) is 35.1 Å². The Morgan fingerprint density at radius 2 is 1.57 bits per heavy atom. The monoisotopic (exact) mass is 702 g/mol. The van der Waals surface area contributed by atoms with Crippen LogP contribution in [0.2, 0.25) is 0 Å². The van der Waals surface area contributed by atoms with Gasteiger partial charge in [0.1, 0.15) is 48.5 Å². The second kappa shape index (κ2) is 11.9. The highest BCUT2D eigenvalue weighted by molar-refractivity contribution is 7.79. The lowest BCUT2D eigenvalue weighted by Crippen LogP contribution is -2.36. The molecule has 2 bridgehead atoms. The summed E-state index contributed by atoms with van der Waals surface area (Å²) >= 11 is 0. The molecule has 0 aliphatic carbocycles. The van der Waals surface area contributed by atoms with E-state index in [0.717, 1.165) is 12.7 Å². The van der Waals surface area contributed by atoms with Crippen LogP contribution in [-0.4, -0.2) is 112 Å². The second-order valence-electron chi connectivity index (χ2n) is 10.2. The molecule has 3 aliphatic heterocycles. The highest BCUT2D eigenvalue weighted by Crippen LogP contribution is 2.53. The molecule has 4 aromatic rings. The Morgan fingerprint density at radius 1 is 0.891 bits per heavy atom. The number of H-pyrrole nitrogens is 1. The summed E-state index contributed by atoms with van der Waals surface area (Å²) in [6.45, 7) is -1.49. The number of nitrogens with one attached hydrogen (secondary N) is 1. The number of aromatic amines is 1. The lowest BCUT2D eigenvalue weighted by atomic mass is 10.1. The molecule has 3 aliphatic rings. The fourth-order valence-electron chi connectivity index (χ4n) is 5.32. The molecule has 8 N–H and O–H groups in total. The lowest BCUT2D eigenvalue weighted by molar-refractivity contribution is -0.0621. The van der Waals surface area contributed by atoms with E-state index in [2.05, 4.69) is 29.9 Å². The average molecular weight is 702 g/mol. The van der Waals surface area contributed by atoms with E-state index in [-0.39, 0.29) is 47.6 Å². The third-order valence-corrected chi connectivity index (χ3v) is 9.38. The van der Waals surface area contributed by atoms with Gasteiger partial charge in [-0.25, -0.2) is 24.5 Å². The quantitative estimate of drug-likeness (QED) is 0.0967. The third kappa shape index (κ3) is 5.73. The number of hydrogen-bond donors (Lipinski definition) is 6. The summed E-state index contributed by atoms with van der Waals surface area (Å²) in [7, 11) is -3.75. The van der Waals surface area contributed by atoms with Crippen molar-refractivity contribution in [3.05, 3.63) is 29.3 Å². The highest BCUT2D eigenvalue weighted by atomic mass is 32.1. The molecule has 0 aromatic carbocycles. The standard InChI is InChI=1S/C20H23BN10O12P2.H2S/c21-44(35)38-2-7-12(11(33)18(41-7)30-4-26-8-14(22)24-3-25-15(8)30)43-45(36,37)39-1-6-10(32)13(42-44)19(40-6)31-5-27-9-16(31)28-20(23)29-17(9)34;/h3-7,10-13,18-19,32-33H,1-2H2,(H,36,37)(H2,22,24,25)(H3,23,28,29,34);1H2/q-1;/t6-,7-,10?,11?,12+,13+,18-,19-,44?;/m1./s1. The molecule has 7 rings (SSSR count). The molecular weight excluding hydrogens is 677 g/mol. The van der Waals surface area contributed by atoms with Gasteiger partial charge in [-0.05, 0) is 0 Å². The van der Waals surface area contributed by atoms with Gasteiger partial charge in [0.05, 0.1) is 33.3 Å². The molecule has 7 heterocycles. The number of anilines is 2. The van der Waals surface area contributed by atoms with Crippen molar-refractivity contribution in [2.75, 3.05) is 24.7 Å². The van der Waals surface area contributed by atoms with Crippen molar-refractivity contribution in [3.8, 4) is 0 Å². The number of fused-ring (bicyclic) bond motifs is 5. The minimum Gasteiger partial charge on any atom is -0.444 e. The third-order valence-electron chi connectivity index (χ3n) is 7.35. The number of phosphoric acid groups is 1. The molecular formula is C20H25BN10O12P2S-. The topological polar surface area (TPSA) is 309 Å². The first-order valence-electron chi connectivity index (χ1n) is 13.0. The number of imidazole rings is 2. The van der Waals surface area contributed by atoms with Crippen LogP contribution >= 0.6 is 28.8 Å². The molecule has 4 aromatic heterocycles. The molecule has 0 spiro atoms. The van der Waals surface area contributed by atoms with Crippen molar-refractivity contribution in [3.63, 3.8) is 0 Å². The van der Waals surface area contributed by atoms with E-state index < -0.39 is 83.1 Å². The predicted octanol–water partition coefficient (Wildman–Crippen LogP) is -2.05. The van der Waals surface area contributed by atoms with Crippen LogP contribution in [0.4, 0.5) is 11.8 Å². The van der Waals surface area contributed by atoms with Crippen LogP contribution in [0.5, 0.6) is 0 Å². The fraction of sp³-hybridized carbons (Fsp3) is 0.500. The zero-order valence-corrected chi connectivity index (χ0v) is 25.8. The van der Waals surface area contributed by atoms with Crippen LogP contribution in [-0.2, 0) is 36.7 Å². The maximum absolute atomic E-state index is 13.4. The average Bonchev–Trinajstić information content (AvgIpc) is 3.72. The fourth-order valence-corrected chi connectivity index (χ4v) is 7.27. The summed E-state index contributed by atoms with van der Waals surface area (Å²) in [5.74, 6) is -0.209. The molecule has 0 amide bonds. The number of phosphoric ester groups is 1. The Kier molecular flexibility index (Phi) is 8.53. The van der Waals surface area contributed by atoms with E-state index in [9.17, 15) is 29.0 Å². The summed E-state index contributed by atoms with van der Waals surface area (Å²) in [6.07, 6.45) is -8.57. The Bertz CT molecular complexity index is 1950. The van der Waals surface area contributed by atoms with E-state index in [0.29, 0.717) is 0 Å². The van der Waals surface area contributed by atoms with Crippen LogP contribution in [0.25, 0.3) is 22.3 Å². The van der Waals surface area contributed by atoms with Gasteiger partial charge in [-0.15, -0.1) is 0 Å². The van der Waals surface area contributed by atoms with Gasteiger partial charge in [-0.1, -0.05) is 0 Å². The van der Waals surface area contributed by atoms with Crippen molar-refractivity contribution in [1.82, 2.24) is 39.0 Å². The van der Waals surface area contributed by atoms with Gasteiger partial charge < -0.3 is 57.2 Å². The molecule has 4 unspecified atom stereocenters. The van der Waals surface area contributed by atoms with E-state index in [1.165, 1.54) is 15.5 Å². The number of hydrogen-bond acceptors (Lipinski definition) is 18. The highest BCUT2D eigenvalue weighted by Gasteiger charge is 2.52. The Morgan fingerprint density at radius 3 is 2.33 bits per heavy atom. The second-order valence-corrected chi connectivity index (χ2v) is 13.2. The number of aromatic nitrogens is 8. The van der Waals surface area contributed by atoms with Crippen molar-refractivity contribution < 1.29 is 51.8 Å². The molecule has 22 nitrogen and oxygen atoms in total. The van der Waals surface area contributed by atoms with E-state index in [1.54, 1.807) is 0 Å². The number of aliphatic hydroxyl groups is 2. The Labute approximate surface area is 264 Å². The summed E-state index contributed by atoms with van der Waals surface area (Å²) in [5.41, 5.74) is 11.0. The minimum absolute atomic E-state index is 0. The van der Waals surface area contributed by atoms with Crippen LogP contribution in [0.15, 0.2) is 23.8 Å². The van der Waals surface area contributed by atoms with Crippen LogP contribution in [0, 0.1) is 0 Å². The summed E-state index contributed by atoms with van der Waals surface area (Å²) < 4.78 is 62.0. The molecule has 0 saturated carbocycles. The van der Waals surface area contributed by atoms with E-state index >= 15 is 0 Å². The first kappa shape index (κ1) is 32.9. The maximum Gasteiger partial charge on any atom is 0.472 e. The van der Waals surface area contributed by atoms with Gasteiger partial charge >= 0.3 is 7.82 Å². The Balaban J connectivity index is 0.00000372. The normalized spacial score (nSPS) is 36.9. The van der Waals surface area contributed by atoms with Gasteiger partial charge in [-0.3, -0.25) is 28.0 Å². The van der Waals surface area contributed by atoms with Gasteiger partial charge in [0.25, 0.3) is 5.56 Å². The van der Waals surface area contributed by atoms with Crippen molar-refractivity contribution in [2.45, 2.75) is 49.1 Å². The van der Waals surface area contributed by atoms with Crippen molar-refractivity contribution >= 4 is 70.5 Å². The lowest BCUT2D eigenvalue weighted by Gasteiger charge is -2.34. The first-order valence-corrected chi connectivity index (χ1v) is 16.1. The number of ether oxygens (including phenoxy) is 2. The smallest absolute Gasteiger partial charge is 0.444 e. The zero-order valence-electron chi connectivity index (χ0n) is 23.0. The largest absolute Gasteiger partial charge is 0.472 e. The molecule has 10 atom stereocenters. The van der Waals surface area contributed by atoms with Crippen LogP contribution in [0.1, 0.15) is 12.5 Å². The molecule has 3 radical (unpaired) electrons. The van der Waals surface area contributed by atoms with E-state index in [4.69, 9.17) is 46.6 Å². The molecule has 247 valence electrons. The molecule has 3 saturated heterocycles. The van der Waals surface area contributed by atoms with Gasteiger partial charge in [0.2, 0.25) is 5.95 Å². The molecule has 46 heavy (non-hydrogen) atoms. The number of nitrogens with two attached hydrogens (primary N) is 2. The van der Waals surface area contributed by atoms with Crippen LogP contribution < -0.4 is 17.0 Å². The van der Waals surface area contributed by atoms with Crippen molar-refractivity contribution in [1.29, 1.82) is 0 Å². The number of nitrogen functional groups attached to an aromatic ring is 2. The first-order chi connectivity index (χ1) is 21.3. The minimum atomic E-state index is -5.03. The zero-order chi connectivity index (χ0) is 31.8.